The van der Waals surface area contributed by atoms with Crippen LogP contribution in [0.5, 0.6) is 0 Å². The van der Waals surface area contributed by atoms with Crippen molar-refractivity contribution in [3.8, 4) is 0 Å². The number of benzene rings is 3. The fourth-order valence-electron chi connectivity index (χ4n) is 2.61. The molecule has 0 aliphatic heterocycles. The van der Waals surface area contributed by atoms with Crippen LogP contribution < -0.4 is 10.6 Å². The predicted octanol–water partition coefficient (Wildman–Crippen LogP) is 4.31. The molecule has 0 fully saturated rings. The largest absolute Gasteiger partial charge is 0.350 e. The van der Waals surface area contributed by atoms with E-state index in [-0.39, 0.29) is 11.8 Å². The molecular formula is C20H16Cl2N2O2. The summed E-state index contributed by atoms with van der Waals surface area (Å²) in [5, 5.41) is 8.17. The summed E-state index contributed by atoms with van der Waals surface area (Å²) in [5.74, 6) is -0.450. The second-order valence-corrected chi connectivity index (χ2v) is 6.48. The molecule has 0 aromatic heterocycles. The van der Waals surface area contributed by atoms with Crippen LogP contribution in [0.4, 0.5) is 0 Å². The molecule has 2 amide bonds. The van der Waals surface area contributed by atoms with Crippen molar-refractivity contribution in [2.24, 2.45) is 0 Å². The van der Waals surface area contributed by atoms with E-state index in [9.17, 15) is 9.59 Å². The molecule has 6 heteroatoms. The number of carbonyl (C=O) groups excluding carboxylic acids is 2. The summed E-state index contributed by atoms with van der Waals surface area (Å²) in [7, 11) is 0. The fourth-order valence-corrected chi connectivity index (χ4v) is 2.91. The minimum absolute atomic E-state index is 0.175. The van der Waals surface area contributed by atoms with E-state index in [2.05, 4.69) is 10.6 Å². The molecule has 132 valence electrons. The highest BCUT2D eigenvalue weighted by Crippen LogP contribution is 2.22. The number of hydrogen-bond acceptors (Lipinski definition) is 2. The average molecular weight is 387 g/mol. The summed E-state index contributed by atoms with van der Waals surface area (Å²) in [6.07, 6.45) is 0. The average Bonchev–Trinajstić information content (AvgIpc) is 2.66. The SMILES string of the molecule is O=C(NCCNC(=O)c1cccc2ccccc12)c1ccc(Cl)c(Cl)c1. The maximum Gasteiger partial charge on any atom is 0.251 e. The lowest BCUT2D eigenvalue weighted by molar-refractivity contribution is 0.0928. The Morgan fingerprint density at radius 3 is 2.23 bits per heavy atom. The van der Waals surface area contributed by atoms with Crippen molar-refractivity contribution in [2.45, 2.75) is 0 Å². The number of rotatable bonds is 5. The van der Waals surface area contributed by atoms with Crippen LogP contribution in [0, 0.1) is 0 Å². The van der Waals surface area contributed by atoms with E-state index in [1.54, 1.807) is 18.2 Å². The van der Waals surface area contributed by atoms with Crippen LogP contribution in [-0.2, 0) is 0 Å². The number of carbonyl (C=O) groups is 2. The van der Waals surface area contributed by atoms with Gasteiger partial charge in [-0.05, 0) is 35.0 Å². The molecule has 3 aromatic carbocycles. The Kier molecular flexibility index (Phi) is 5.76. The van der Waals surface area contributed by atoms with E-state index in [0.717, 1.165) is 10.8 Å². The molecule has 0 aliphatic carbocycles. The Hall–Kier alpha value is -2.56. The van der Waals surface area contributed by atoms with Gasteiger partial charge in [-0.2, -0.15) is 0 Å². The van der Waals surface area contributed by atoms with E-state index in [1.165, 1.54) is 6.07 Å². The van der Waals surface area contributed by atoms with E-state index in [0.29, 0.717) is 34.3 Å². The summed E-state index contributed by atoms with van der Waals surface area (Å²) in [6, 6.07) is 18.0. The van der Waals surface area contributed by atoms with Gasteiger partial charge in [-0.3, -0.25) is 9.59 Å². The topological polar surface area (TPSA) is 58.2 Å². The second-order valence-electron chi connectivity index (χ2n) is 5.67. The first-order valence-corrected chi connectivity index (χ1v) is 8.81. The van der Waals surface area contributed by atoms with Gasteiger partial charge in [-0.1, -0.05) is 59.6 Å². The maximum absolute atomic E-state index is 12.4. The van der Waals surface area contributed by atoms with Gasteiger partial charge in [0.15, 0.2) is 0 Å². The van der Waals surface area contributed by atoms with Gasteiger partial charge in [0.1, 0.15) is 0 Å². The second kappa shape index (κ2) is 8.21. The zero-order chi connectivity index (χ0) is 18.5. The predicted molar refractivity (Wildman–Crippen MR) is 105 cm³/mol. The zero-order valence-corrected chi connectivity index (χ0v) is 15.3. The van der Waals surface area contributed by atoms with Crippen LogP contribution in [0.1, 0.15) is 20.7 Å². The van der Waals surface area contributed by atoms with E-state index < -0.39 is 0 Å². The van der Waals surface area contributed by atoms with Gasteiger partial charge in [0.2, 0.25) is 0 Å². The summed E-state index contributed by atoms with van der Waals surface area (Å²) in [4.78, 5) is 24.5. The van der Waals surface area contributed by atoms with Gasteiger partial charge in [-0.25, -0.2) is 0 Å². The molecule has 0 saturated carbocycles. The number of halogens is 2. The van der Waals surface area contributed by atoms with Gasteiger partial charge in [0, 0.05) is 24.2 Å². The van der Waals surface area contributed by atoms with Crippen molar-refractivity contribution in [1.82, 2.24) is 10.6 Å². The van der Waals surface area contributed by atoms with Gasteiger partial charge in [0.05, 0.1) is 10.0 Å². The molecular weight excluding hydrogens is 371 g/mol. The summed E-state index contributed by atoms with van der Waals surface area (Å²) in [6.45, 7) is 0.616. The quantitative estimate of drug-likeness (QED) is 0.641. The first-order chi connectivity index (χ1) is 12.6. The molecule has 3 aromatic rings. The van der Waals surface area contributed by atoms with E-state index in [4.69, 9.17) is 23.2 Å². The highest BCUT2D eigenvalue weighted by Gasteiger charge is 2.10. The molecule has 0 unspecified atom stereocenters. The van der Waals surface area contributed by atoms with Crippen LogP contribution >= 0.6 is 23.2 Å². The van der Waals surface area contributed by atoms with Gasteiger partial charge >= 0.3 is 0 Å². The Labute approximate surface area is 161 Å². The van der Waals surface area contributed by atoms with Crippen LogP contribution in [-0.4, -0.2) is 24.9 Å². The fraction of sp³-hybridized carbons (Fsp3) is 0.100. The molecule has 0 spiro atoms. The summed E-state index contributed by atoms with van der Waals surface area (Å²) in [5.41, 5.74) is 1.03. The number of fused-ring (bicyclic) bond motifs is 1. The lowest BCUT2D eigenvalue weighted by atomic mass is 10.0. The van der Waals surface area contributed by atoms with Crippen molar-refractivity contribution < 1.29 is 9.59 Å². The molecule has 0 saturated heterocycles. The molecule has 4 nitrogen and oxygen atoms in total. The number of nitrogens with one attached hydrogen (secondary N) is 2. The maximum atomic E-state index is 12.4. The summed E-state index contributed by atoms with van der Waals surface area (Å²) < 4.78 is 0. The first-order valence-electron chi connectivity index (χ1n) is 8.05. The lowest BCUT2D eigenvalue weighted by Gasteiger charge is -2.09. The van der Waals surface area contributed by atoms with Gasteiger partial charge in [-0.15, -0.1) is 0 Å². The lowest BCUT2D eigenvalue weighted by Crippen LogP contribution is -2.34. The monoisotopic (exact) mass is 386 g/mol. The Balaban J connectivity index is 1.55. The van der Waals surface area contributed by atoms with Gasteiger partial charge in [0.25, 0.3) is 11.8 Å². The van der Waals surface area contributed by atoms with Crippen LogP contribution in [0.25, 0.3) is 10.8 Å². The number of amides is 2. The third kappa shape index (κ3) is 4.15. The van der Waals surface area contributed by atoms with E-state index >= 15 is 0 Å². The van der Waals surface area contributed by atoms with Gasteiger partial charge < -0.3 is 10.6 Å². The van der Waals surface area contributed by atoms with Crippen molar-refractivity contribution in [3.63, 3.8) is 0 Å². The summed E-state index contributed by atoms with van der Waals surface area (Å²) >= 11 is 11.7. The van der Waals surface area contributed by atoms with Crippen molar-refractivity contribution in [1.29, 1.82) is 0 Å². The molecule has 0 atom stereocenters. The smallest absolute Gasteiger partial charge is 0.251 e. The normalized spacial score (nSPS) is 10.5. The van der Waals surface area contributed by atoms with Crippen LogP contribution in [0.2, 0.25) is 10.0 Å². The van der Waals surface area contributed by atoms with E-state index in [1.807, 2.05) is 36.4 Å². The highest BCUT2D eigenvalue weighted by molar-refractivity contribution is 6.42. The molecule has 0 radical (unpaired) electrons. The molecule has 3 rings (SSSR count). The Bertz CT molecular complexity index is 968. The number of hydrogen-bond donors (Lipinski definition) is 2. The van der Waals surface area contributed by atoms with Crippen LogP contribution in [0.3, 0.4) is 0 Å². The third-order valence-electron chi connectivity index (χ3n) is 3.91. The molecule has 0 aliphatic rings. The highest BCUT2D eigenvalue weighted by atomic mass is 35.5. The zero-order valence-electron chi connectivity index (χ0n) is 13.8. The third-order valence-corrected chi connectivity index (χ3v) is 4.65. The first kappa shape index (κ1) is 18.2. The van der Waals surface area contributed by atoms with Crippen molar-refractivity contribution >= 4 is 45.8 Å². The molecule has 2 N–H and O–H groups in total. The van der Waals surface area contributed by atoms with Crippen molar-refractivity contribution in [2.75, 3.05) is 13.1 Å². The standard InChI is InChI=1S/C20H16Cl2N2O2/c21-17-9-8-14(12-18(17)22)19(25)23-10-11-24-20(26)16-7-3-5-13-4-1-2-6-15(13)16/h1-9,12H,10-11H2,(H,23,25)(H,24,26). The minimum Gasteiger partial charge on any atom is -0.350 e. The molecule has 0 heterocycles. The Morgan fingerprint density at radius 1 is 0.769 bits per heavy atom. The molecule has 0 bridgehead atoms. The minimum atomic E-state index is -0.275. The molecule has 26 heavy (non-hydrogen) atoms. The van der Waals surface area contributed by atoms with Crippen LogP contribution in [0.15, 0.2) is 60.7 Å². The Morgan fingerprint density at radius 2 is 1.46 bits per heavy atom. The van der Waals surface area contributed by atoms with Crippen molar-refractivity contribution in [3.05, 3.63) is 81.8 Å².